The number of aromatic nitrogens is 3. The molecule has 1 atom stereocenters. The van der Waals surface area contributed by atoms with Gasteiger partial charge >= 0.3 is 0 Å². The molecule has 20 heavy (non-hydrogen) atoms. The second-order valence-corrected chi connectivity index (χ2v) is 5.06. The first-order valence-corrected chi connectivity index (χ1v) is 6.95. The average Bonchev–Trinajstić information content (AvgIpc) is 2.92. The minimum atomic E-state index is -1.26. The van der Waals surface area contributed by atoms with Crippen LogP contribution in [0.1, 0.15) is 38.2 Å². The van der Waals surface area contributed by atoms with E-state index in [0.717, 1.165) is 19.3 Å². The quantitative estimate of drug-likeness (QED) is 0.792. The summed E-state index contributed by atoms with van der Waals surface area (Å²) < 4.78 is 15.6. The molecule has 0 saturated carbocycles. The van der Waals surface area contributed by atoms with Gasteiger partial charge in [-0.15, -0.1) is 0 Å². The standard InChI is InChI=1S/C15H20FN3O/c1-2-3-6-9-15(20,10-19-12-17-11-18-19)13-7-4-5-8-14(13)16/h4-5,7-8,11-12,20H,2-3,6,9-10H2,1H3. The molecular formula is C15H20FN3O. The van der Waals surface area contributed by atoms with Gasteiger partial charge in [-0.25, -0.2) is 14.1 Å². The molecular weight excluding hydrogens is 257 g/mol. The van der Waals surface area contributed by atoms with E-state index in [0.29, 0.717) is 12.0 Å². The van der Waals surface area contributed by atoms with Gasteiger partial charge < -0.3 is 5.11 Å². The smallest absolute Gasteiger partial charge is 0.137 e. The second-order valence-electron chi connectivity index (χ2n) is 5.06. The summed E-state index contributed by atoms with van der Waals surface area (Å²) in [6, 6.07) is 6.38. The highest BCUT2D eigenvalue weighted by atomic mass is 19.1. The van der Waals surface area contributed by atoms with Crippen LogP contribution in [-0.2, 0) is 12.1 Å². The Bertz CT molecular complexity index is 530. The van der Waals surface area contributed by atoms with Crippen LogP contribution in [0.3, 0.4) is 0 Å². The molecule has 5 heteroatoms. The van der Waals surface area contributed by atoms with Crippen LogP contribution in [-0.4, -0.2) is 19.9 Å². The summed E-state index contributed by atoms with van der Waals surface area (Å²) in [4.78, 5) is 3.87. The lowest BCUT2D eigenvalue weighted by Crippen LogP contribution is -2.33. The number of hydrogen-bond acceptors (Lipinski definition) is 3. The van der Waals surface area contributed by atoms with Crippen LogP contribution in [0, 0.1) is 5.82 Å². The lowest BCUT2D eigenvalue weighted by molar-refractivity contribution is 0.000695. The first-order valence-electron chi connectivity index (χ1n) is 6.95. The third kappa shape index (κ3) is 3.42. The van der Waals surface area contributed by atoms with Gasteiger partial charge in [0.25, 0.3) is 0 Å². The molecule has 0 aliphatic carbocycles. The van der Waals surface area contributed by atoms with E-state index in [2.05, 4.69) is 17.0 Å². The Labute approximate surface area is 118 Å². The summed E-state index contributed by atoms with van der Waals surface area (Å²) in [6.07, 6.45) is 6.35. The Morgan fingerprint density at radius 3 is 2.75 bits per heavy atom. The van der Waals surface area contributed by atoms with Crippen LogP contribution in [0.15, 0.2) is 36.9 Å². The van der Waals surface area contributed by atoms with E-state index in [4.69, 9.17) is 0 Å². The zero-order valence-electron chi connectivity index (χ0n) is 11.7. The van der Waals surface area contributed by atoms with E-state index in [1.165, 1.54) is 18.7 Å². The predicted molar refractivity (Wildman–Crippen MR) is 74.5 cm³/mol. The topological polar surface area (TPSA) is 50.9 Å². The first-order chi connectivity index (χ1) is 9.65. The second kappa shape index (κ2) is 6.61. The fourth-order valence-electron chi connectivity index (χ4n) is 2.39. The number of aliphatic hydroxyl groups is 1. The van der Waals surface area contributed by atoms with Gasteiger partial charge in [-0.2, -0.15) is 5.10 Å². The molecule has 0 aliphatic heterocycles. The van der Waals surface area contributed by atoms with Gasteiger partial charge in [-0.05, 0) is 12.5 Å². The van der Waals surface area contributed by atoms with Crippen LogP contribution in [0.5, 0.6) is 0 Å². The summed E-state index contributed by atoms with van der Waals surface area (Å²) in [6.45, 7) is 2.30. The van der Waals surface area contributed by atoms with E-state index in [1.807, 2.05) is 0 Å². The van der Waals surface area contributed by atoms with E-state index >= 15 is 0 Å². The average molecular weight is 277 g/mol. The Morgan fingerprint density at radius 1 is 1.30 bits per heavy atom. The fraction of sp³-hybridized carbons (Fsp3) is 0.467. The van der Waals surface area contributed by atoms with Gasteiger partial charge in [0.1, 0.15) is 24.1 Å². The van der Waals surface area contributed by atoms with Gasteiger partial charge in [-0.3, -0.25) is 0 Å². The zero-order chi connectivity index (χ0) is 14.4. The van der Waals surface area contributed by atoms with Gasteiger partial charge in [0.05, 0.1) is 6.54 Å². The van der Waals surface area contributed by atoms with Crippen molar-refractivity contribution in [3.8, 4) is 0 Å². The number of nitrogens with zero attached hydrogens (tertiary/aromatic N) is 3. The highest BCUT2D eigenvalue weighted by Crippen LogP contribution is 2.31. The number of unbranched alkanes of at least 4 members (excludes halogenated alkanes) is 2. The largest absolute Gasteiger partial charge is 0.383 e. The molecule has 0 radical (unpaired) electrons. The SMILES string of the molecule is CCCCCC(O)(Cn1cncn1)c1ccccc1F. The predicted octanol–water partition coefficient (Wildman–Crippen LogP) is 2.89. The van der Waals surface area contributed by atoms with Crippen molar-refractivity contribution < 1.29 is 9.50 Å². The van der Waals surface area contributed by atoms with E-state index in [1.54, 1.807) is 22.9 Å². The van der Waals surface area contributed by atoms with Crippen LogP contribution in [0.4, 0.5) is 4.39 Å². The van der Waals surface area contributed by atoms with E-state index < -0.39 is 5.60 Å². The molecule has 0 amide bonds. The zero-order valence-corrected chi connectivity index (χ0v) is 11.7. The van der Waals surface area contributed by atoms with Gasteiger partial charge in [-0.1, -0.05) is 44.4 Å². The van der Waals surface area contributed by atoms with Gasteiger partial charge in [0.2, 0.25) is 0 Å². The number of benzene rings is 1. The van der Waals surface area contributed by atoms with Crippen LogP contribution >= 0.6 is 0 Å². The van der Waals surface area contributed by atoms with Crippen molar-refractivity contribution in [2.75, 3.05) is 0 Å². The molecule has 0 aliphatic rings. The molecule has 0 fully saturated rings. The Morgan fingerprint density at radius 2 is 2.10 bits per heavy atom. The summed E-state index contributed by atoms with van der Waals surface area (Å²) >= 11 is 0. The minimum absolute atomic E-state index is 0.206. The van der Waals surface area contributed by atoms with Gasteiger partial charge in [0.15, 0.2) is 0 Å². The molecule has 1 aromatic heterocycles. The Kier molecular flexibility index (Phi) is 4.84. The first kappa shape index (κ1) is 14.7. The third-order valence-corrected chi connectivity index (χ3v) is 3.46. The molecule has 1 unspecified atom stereocenters. The normalized spacial score (nSPS) is 14.2. The van der Waals surface area contributed by atoms with Gasteiger partial charge in [0, 0.05) is 5.56 Å². The Balaban J connectivity index is 2.25. The molecule has 0 spiro atoms. The van der Waals surface area contributed by atoms with Crippen LogP contribution < -0.4 is 0 Å². The lowest BCUT2D eigenvalue weighted by Gasteiger charge is -2.29. The highest BCUT2D eigenvalue weighted by molar-refractivity contribution is 5.24. The van der Waals surface area contributed by atoms with Crippen molar-refractivity contribution in [3.05, 3.63) is 48.3 Å². The molecule has 1 aromatic carbocycles. The minimum Gasteiger partial charge on any atom is -0.383 e. The number of halogens is 1. The maximum Gasteiger partial charge on any atom is 0.137 e. The number of hydrogen-bond donors (Lipinski definition) is 1. The third-order valence-electron chi connectivity index (χ3n) is 3.46. The molecule has 108 valence electrons. The maximum absolute atomic E-state index is 14.0. The van der Waals surface area contributed by atoms with Crippen molar-refractivity contribution >= 4 is 0 Å². The molecule has 2 aromatic rings. The lowest BCUT2D eigenvalue weighted by atomic mass is 9.87. The summed E-state index contributed by atoms with van der Waals surface area (Å²) in [5.74, 6) is -0.383. The highest BCUT2D eigenvalue weighted by Gasteiger charge is 2.32. The molecule has 1 N–H and O–H groups in total. The van der Waals surface area contributed by atoms with E-state index in [-0.39, 0.29) is 12.4 Å². The summed E-state index contributed by atoms with van der Waals surface area (Å²) in [7, 11) is 0. The molecule has 0 saturated heterocycles. The summed E-state index contributed by atoms with van der Waals surface area (Å²) in [5, 5.41) is 14.9. The molecule has 4 nitrogen and oxygen atoms in total. The monoisotopic (exact) mass is 277 g/mol. The number of rotatable bonds is 7. The van der Waals surface area contributed by atoms with Crippen molar-refractivity contribution in [2.24, 2.45) is 0 Å². The van der Waals surface area contributed by atoms with Crippen LogP contribution in [0.25, 0.3) is 0 Å². The van der Waals surface area contributed by atoms with Crippen molar-refractivity contribution in [2.45, 2.75) is 44.8 Å². The maximum atomic E-state index is 14.0. The molecule has 1 heterocycles. The van der Waals surface area contributed by atoms with Crippen molar-refractivity contribution in [1.29, 1.82) is 0 Å². The van der Waals surface area contributed by atoms with Crippen molar-refractivity contribution in [3.63, 3.8) is 0 Å². The fourth-order valence-corrected chi connectivity index (χ4v) is 2.39. The Hall–Kier alpha value is -1.75. The van der Waals surface area contributed by atoms with Crippen LogP contribution in [0.2, 0.25) is 0 Å². The summed E-state index contributed by atoms with van der Waals surface area (Å²) in [5.41, 5.74) is -0.930. The van der Waals surface area contributed by atoms with E-state index in [9.17, 15) is 9.50 Å². The molecule has 2 rings (SSSR count). The molecule has 0 bridgehead atoms. The van der Waals surface area contributed by atoms with Crippen molar-refractivity contribution in [1.82, 2.24) is 14.8 Å².